The molecule has 8 rings (SSSR count). The van der Waals surface area contributed by atoms with Crippen LogP contribution in [0, 0.1) is 0 Å². The normalized spacial score (nSPS) is 11.6. The number of nitrogens with zero attached hydrogens (tertiary/aromatic N) is 6. The van der Waals surface area contributed by atoms with Gasteiger partial charge in [-0.05, 0) is 115 Å². The molecule has 0 atom stereocenters. The van der Waals surface area contributed by atoms with Crippen LogP contribution in [0.25, 0.3) is 63.7 Å². The minimum absolute atomic E-state index is 0.0306. The Morgan fingerprint density at radius 1 is 0.252 bits per heavy atom. The van der Waals surface area contributed by atoms with Crippen LogP contribution in [0.15, 0.2) is 97.7 Å². The summed E-state index contributed by atoms with van der Waals surface area (Å²) in [5.41, 5.74) is 6.48. The van der Waals surface area contributed by atoms with E-state index < -0.39 is 0 Å². The Morgan fingerprint density at radius 3 is 0.714 bits per heavy atom. The summed E-state index contributed by atoms with van der Waals surface area (Å²) in [6.45, 7) is 17.7. The fourth-order valence-corrected chi connectivity index (χ4v) is 19.3. The minimum Gasteiger partial charge on any atom is -0.478 e. The second kappa shape index (κ2) is 64.2. The van der Waals surface area contributed by atoms with Gasteiger partial charge in [-0.2, -0.15) is 0 Å². The van der Waals surface area contributed by atoms with Gasteiger partial charge in [0.1, 0.15) is 0 Å². The summed E-state index contributed by atoms with van der Waals surface area (Å²) in [7, 11) is 0. The summed E-state index contributed by atoms with van der Waals surface area (Å²) in [5, 5.41) is 0. The van der Waals surface area contributed by atoms with Gasteiger partial charge in [-0.1, -0.05) is 388 Å². The largest absolute Gasteiger partial charge is 0.478 e. The second-order valence-corrected chi connectivity index (χ2v) is 37.6. The van der Waals surface area contributed by atoms with Crippen molar-refractivity contribution in [1.29, 1.82) is 0 Å². The van der Waals surface area contributed by atoms with Crippen molar-refractivity contribution in [1.82, 2.24) is 28.7 Å². The van der Waals surface area contributed by atoms with Crippen LogP contribution in [-0.4, -0.2) is 48.5 Å². The summed E-state index contributed by atoms with van der Waals surface area (Å²) >= 11 is 6.73. The molecule has 664 valence electrons. The molecule has 12 nitrogen and oxygen atoms in total. The van der Waals surface area contributed by atoms with Gasteiger partial charge in [0.25, 0.3) is 16.7 Å². The summed E-state index contributed by atoms with van der Waals surface area (Å²) in [5.74, 6) is 1.89. The highest BCUT2D eigenvalue weighted by atomic mass is 79.9. The van der Waals surface area contributed by atoms with Crippen LogP contribution >= 0.6 is 38.6 Å². The molecule has 0 radical (unpaired) electrons. The first kappa shape index (κ1) is 100. The van der Waals surface area contributed by atoms with Gasteiger partial charge >= 0.3 is 0 Å². The van der Waals surface area contributed by atoms with Gasteiger partial charge in [0, 0.05) is 57.3 Å². The van der Waals surface area contributed by atoms with Crippen LogP contribution in [0.3, 0.4) is 0 Å². The minimum atomic E-state index is 0.0306. The lowest BCUT2D eigenvalue weighted by Crippen LogP contribution is -2.22. The maximum absolute atomic E-state index is 14.7. The molecule has 8 aromatic heterocycles. The zero-order valence-electron chi connectivity index (χ0n) is 76.0. The Kier molecular flexibility index (Phi) is 54.2. The Hall–Kier alpha value is -5.64. The average molecular weight is 1740 g/mol. The van der Waals surface area contributed by atoms with Crippen LogP contribution in [0.5, 0.6) is 17.6 Å². The molecule has 0 spiro atoms. The Bertz CT molecular complexity index is 3950. The molecule has 0 unspecified atom stereocenters. The Labute approximate surface area is 738 Å². The summed E-state index contributed by atoms with van der Waals surface area (Å²) in [6.07, 6.45) is 76.7. The molecule has 8 aromatic rings. The number of pyridine rings is 6. The fraction of sp³-hybridized carbons (Fsp3) is 0.692. The zero-order chi connectivity index (χ0) is 84.2. The van der Waals surface area contributed by atoms with Crippen molar-refractivity contribution in [2.45, 2.75) is 446 Å². The lowest BCUT2D eigenvalue weighted by Gasteiger charge is -2.14. The number of unbranched alkanes of at least 4 members (excludes halogenated alkanes) is 54. The molecule has 0 aliphatic heterocycles. The predicted octanol–water partition coefficient (Wildman–Crippen LogP) is 33.1. The maximum Gasteiger partial charge on any atom is 0.265 e. The van der Waals surface area contributed by atoms with Gasteiger partial charge in [0.2, 0.25) is 17.6 Å². The van der Waals surface area contributed by atoms with E-state index in [2.05, 4.69) is 81.7 Å². The van der Waals surface area contributed by atoms with Crippen molar-refractivity contribution in [3.63, 3.8) is 0 Å². The van der Waals surface area contributed by atoms with Crippen LogP contribution < -0.4 is 30.9 Å². The van der Waals surface area contributed by atoms with Crippen molar-refractivity contribution in [3.05, 3.63) is 114 Å². The van der Waals surface area contributed by atoms with E-state index in [1.807, 2.05) is 68.3 Å². The topological polar surface area (TPSA) is 132 Å². The van der Waals surface area contributed by atoms with Gasteiger partial charge in [-0.3, -0.25) is 14.4 Å². The number of rotatable bonds is 72. The molecule has 0 aromatic carbocycles. The lowest BCUT2D eigenvalue weighted by atomic mass is 10.1. The first-order chi connectivity index (χ1) is 58.6. The fourth-order valence-electron chi connectivity index (χ4n) is 16.7. The molecule has 0 aliphatic carbocycles. The molecule has 0 bridgehead atoms. The summed E-state index contributed by atoms with van der Waals surface area (Å²) < 4.78 is 24.9. The molecule has 0 fully saturated rings. The monoisotopic (exact) mass is 1740 g/mol. The second-order valence-electron chi connectivity index (χ2n) is 34.6. The molecule has 0 saturated carbocycles. The predicted molar refractivity (Wildman–Crippen MR) is 519 cm³/mol. The Morgan fingerprint density at radius 2 is 0.462 bits per heavy atom. The highest BCUT2D eigenvalue weighted by Gasteiger charge is 2.20. The Balaban J connectivity index is 0.000000440. The summed E-state index contributed by atoms with van der Waals surface area (Å²) in [4.78, 5) is 61.0. The molecule has 0 saturated heterocycles. The van der Waals surface area contributed by atoms with Gasteiger partial charge in [-0.15, -0.1) is 22.7 Å². The highest BCUT2D eigenvalue weighted by Crippen LogP contribution is 2.41. The molecule has 0 aliphatic rings. The number of aromatic nitrogens is 6. The van der Waals surface area contributed by atoms with Crippen LogP contribution in [-0.2, 0) is 19.6 Å². The average Bonchev–Trinajstić information content (AvgIpc) is 1.75. The van der Waals surface area contributed by atoms with Gasteiger partial charge < -0.3 is 27.9 Å². The standard InChI is InChI=1S/C72H110N4O4S2.C32H53BrN2O2/c1-5-9-13-17-21-25-29-33-37-41-53-75-63-45-51-69(79-55-43-39-35-31-27-23-19-15-11-7-3)73-61(63)57-59(71(75)77)65-47-49-67(81-65)68-50-48-66(82-68)60-58-62-64(76(72(60)78)54-42-38-34-30-26-22-18-14-10-6-2)46-52-70(74-62)80-56-44-40-36-32-28-24-20-16-12-8-4;1-3-5-7-9-11-13-15-17-19-21-25-35-30-23-24-31(34-29(30)27-28(33)32(35)36)37-26-22-20-18-16-14-12-10-8-6-4-2/h45-52,57-58H,5-44,53-56H2,1-4H3;23-24,27H,3-22,25-26H2,1-2H3. The van der Waals surface area contributed by atoms with Crippen molar-refractivity contribution < 1.29 is 14.2 Å². The van der Waals surface area contributed by atoms with E-state index in [0.717, 1.165) is 111 Å². The molecule has 0 N–H and O–H groups in total. The summed E-state index contributed by atoms with van der Waals surface area (Å²) in [6, 6.07) is 26.2. The third kappa shape index (κ3) is 39.4. The van der Waals surface area contributed by atoms with Gasteiger partial charge in [-0.25, -0.2) is 15.0 Å². The number of aryl methyl sites for hydroxylation is 3. The molecular formula is C104H163BrN6O6S2. The number of ether oxygens (including phenoxy) is 3. The number of hydrogen-bond donors (Lipinski definition) is 0. The molecule has 8 heterocycles. The van der Waals surface area contributed by atoms with E-state index in [-0.39, 0.29) is 16.7 Å². The molecule has 15 heteroatoms. The number of thiophene rings is 2. The third-order valence-corrected chi connectivity index (χ3v) is 27.2. The van der Waals surface area contributed by atoms with Gasteiger partial charge in [0.15, 0.2) is 0 Å². The van der Waals surface area contributed by atoms with E-state index in [9.17, 15) is 14.4 Å². The third-order valence-electron chi connectivity index (χ3n) is 24.2. The SMILES string of the molecule is CCCCCCCCCCCCOc1ccc2c(cc(-c3ccc(-c4ccc(-c5cc6nc(OCCCCCCCCCCCC)ccc6n(CCCCCCCCCCCC)c5=O)s4)s3)c(=O)n2CCCCCCCCCCCC)n1.CCCCCCCCCCCCOc1ccc2c(cc(Br)c(=O)n2CCCCCCCCCCCC)n1. The van der Waals surface area contributed by atoms with Crippen molar-refractivity contribution >= 4 is 71.7 Å². The molecule has 119 heavy (non-hydrogen) atoms. The first-order valence-corrected chi connectivity index (χ1v) is 51.9. The van der Waals surface area contributed by atoms with Crippen LogP contribution in [0.4, 0.5) is 0 Å². The van der Waals surface area contributed by atoms with Crippen molar-refractivity contribution in [2.24, 2.45) is 0 Å². The quantitative estimate of drug-likeness (QED) is 0.0342. The smallest absolute Gasteiger partial charge is 0.265 e. The highest BCUT2D eigenvalue weighted by molar-refractivity contribution is 9.10. The van der Waals surface area contributed by atoms with E-state index in [1.165, 1.54) is 334 Å². The maximum atomic E-state index is 14.7. The van der Waals surface area contributed by atoms with Gasteiger partial charge in [0.05, 0.1) is 68.5 Å². The first-order valence-electron chi connectivity index (χ1n) is 49.5. The number of hydrogen-bond acceptors (Lipinski definition) is 11. The van der Waals surface area contributed by atoms with E-state index in [1.54, 1.807) is 22.7 Å². The van der Waals surface area contributed by atoms with Crippen molar-refractivity contribution in [2.75, 3.05) is 19.8 Å². The van der Waals surface area contributed by atoms with Crippen LogP contribution in [0.2, 0.25) is 0 Å². The lowest BCUT2D eigenvalue weighted by molar-refractivity contribution is 0.294. The van der Waals surface area contributed by atoms with E-state index >= 15 is 0 Å². The molecule has 0 amide bonds. The molecular weight excluding hydrogens is 1570 g/mol. The van der Waals surface area contributed by atoms with E-state index in [0.29, 0.717) is 66.1 Å². The number of halogens is 1. The van der Waals surface area contributed by atoms with E-state index in [4.69, 9.17) is 29.2 Å². The van der Waals surface area contributed by atoms with Crippen LogP contribution in [0.1, 0.15) is 427 Å². The number of fused-ring (bicyclic) bond motifs is 3. The van der Waals surface area contributed by atoms with Crippen molar-refractivity contribution in [3.8, 4) is 48.3 Å². The zero-order valence-corrected chi connectivity index (χ0v) is 79.2.